The summed E-state index contributed by atoms with van der Waals surface area (Å²) in [6.45, 7) is 2.10. The van der Waals surface area contributed by atoms with E-state index in [2.05, 4.69) is 4.99 Å². The maximum Gasteiger partial charge on any atom is 0.338 e. The first-order chi connectivity index (χ1) is 13.0. The number of carbonyl (C=O) groups is 2. The second-order valence-corrected chi connectivity index (χ2v) is 6.89. The zero-order valence-electron chi connectivity index (χ0n) is 15.4. The Bertz CT molecular complexity index is 1050. The zero-order valence-corrected chi connectivity index (χ0v) is 16.2. The molecule has 0 fully saturated rings. The molecule has 0 atom stereocenters. The third kappa shape index (κ3) is 4.25. The maximum absolute atomic E-state index is 12.3. The topological polar surface area (TPSA) is 69.9 Å². The molecule has 7 heteroatoms. The molecule has 6 nitrogen and oxygen atoms in total. The number of fused-ring (bicyclic) bond motifs is 1. The van der Waals surface area contributed by atoms with Crippen molar-refractivity contribution in [3.8, 4) is 5.75 Å². The fourth-order valence-electron chi connectivity index (χ4n) is 2.65. The minimum absolute atomic E-state index is 0.215. The monoisotopic (exact) mass is 384 g/mol. The van der Waals surface area contributed by atoms with Crippen molar-refractivity contribution in [1.29, 1.82) is 0 Å². The van der Waals surface area contributed by atoms with Crippen LogP contribution in [0.15, 0.2) is 47.5 Å². The molecule has 0 bridgehead atoms. The molecule has 27 heavy (non-hydrogen) atoms. The van der Waals surface area contributed by atoms with E-state index in [-0.39, 0.29) is 18.3 Å². The first-order valence-corrected chi connectivity index (χ1v) is 9.30. The van der Waals surface area contributed by atoms with Gasteiger partial charge in [0, 0.05) is 7.05 Å². The minimum Gasteiger partial charge on any atom is -0.497 e. The standard InChI is InChI=1S/C20H20N2O4S/c1-4-26-19(24)14-7-10-16-17(12-14)27-20(22(16)2)21-18(23)11-13-5-8-15(25-3)9-6-13/h5-10,12H,4,11H2,1-3H3. The average molecular weight is 384 g/mol. The molecule has 0 unspecified atom stereocenters. The van der Waals surface area contributed by atoms with Crippen molar-refractivity contribution in [2.45, 2.75) is 13.3 Å². The van der Waals surface area contributed by atoms with Crippen LogP contribution in [-0.2, 0) is 23.0 Å². The molecule has 0 saturated carbocycles. The summed E-state index contributed by atoms with van der Waals surface area (Å²) in [5.41, 5.74) is 2.27. The maximum atomic E-state index is 12.3. The van der Waals surface area contributed by atoms with E-state index in [1.54, 1.807) is 26.2 Å². The number of methoxy groups -OCH3 is 1. The summed E-state index contributed by atoms with van der Waals surface area (Å²) < 4.78 is 12.9. The highest BCUT2D eigenvalue weighted by molar-refractivity contribution is 7.16. The predicted octanol–water partition coefficient (Wildman–Crippen LogP) is 3.10. The Kier molecular flexibility index (Phi) is 5.71. The Hall–Kier alpha value is -2.93. The van der Waals surface area contributed by atoms with E-state index in [1.165, 1.54) is 11.3 Å². The molecule has 3 aromatic rings. The summed E-state index contributed by atoms with van der Waals surface area (Å²) >= 11 is 1.37. The fourth-order valence-corrected chi connectivity index (χ4v) is 3.72. The van der Waals surface area contributed by atoms with Crippen LogP contribution in [0.2, 0.25) is 0 Å². The molecule has 0 aliphatic heterocycles. The highest BCUT2D eigenvalue weighted by Crippen LogP contribution is 2.19. The van der Waals surface area contributed by atoms with Crippen LogP contribution in [0.1, 0.15) is 22.8 Å². The number of hydrogen-bond acceptors (Lipinski definition) is 5. The smallest absolute Gasteiger partial charge is 0.338 e. The van der Waals surface area contributed by atoms with Crippen LogP contribution < -0.4 is 9.54 Å². The van der Waals surface area contributed by atoms with Gasteiger partial charge in [0.25, 0.3) is 5.91 Å². The number of esters is 1. The highest BCUT2D eigenvalue weighted by Gasteiger charge is 2.11. The second-order valence-electron chi connectivity index (χ2n) is 5.88. The van der Waals surface area contributed by atoms with Gasteiger partial charge in [-0.1, -0.05) is 23.5 Å². The molecule has 1 aromatic heterocycles. The van der Waals surface area contributed by atoms with E-state index in [0.717, 1.165) is 21.5 Å². The van der Waals surface area contributed by atoms with Gasteiger partial charge in [-0.25, -0.2) is 4.79 Å². The van der Waals surface area contributed by atoms with Gasteiger partial charge >= 0.3 is 5.97 Å². The molecule has 2 aromatic carbocycles. The van der Waals surface area contributed by atoms with Crippen molar-refractivity contribution in [2.75, 3.05) is 13.7 Å². The molecule has 140 valence electrons. The number of aryl methyl sites for hydroxylation is 1. The molecule has 0 spiro atoms. The molecule has 0 aliphatic carbocycles. The Morgan fingerprint density at radius 3 is 2.56 bits per heavy atom. The van der Waals surface area contributed by atoms with Gasteiger partial charge in [-0.2, -0.15) is 4.99 Å². The van der Waals surface area contributed by atoms with Crippen LogP contribution >= 0.6 is 11.3 Å². The number of hydrogen-bond donors (Lipinski definition) is 0. The van der Waals surface area contributed by atoms with Crippen LogP contribution in [0.5, 0.6) is 5.75 Å². The summed E-state index contributed by atoms with van der Waals surface area (Å²) in [5.74, 6) is 0.161. The SMILES string of the molecule is CCOC(=O)c1ccc2c(c1)sc(=NC(=O)Cc1ccc(OC)cc1)n2C. The predicted molar refractivity (Wildman–Crippen MR) is 104 cm³/mol. The van der Waals surface area contributed by atoms with Gasteiger partial charge in [-0.15, -0.1) is 0 Å². The summed E-state index contributed by atoms with van der Waals surface area (Å²) in [5, 5.41) is 0. The molecule has 0 saturated heterocycles. The molecule has 1 amide bonds. The van der Waals surface area contributed by atoms with Crippen molar-refractivity contribution >= 4 is 33.4 Å². The third-order valence-corrected chi connectivity index (χ3v) is 5.15. The van der Waals surface area contributed by atoms with Crippen molar-refractivity contribution in [2.24, 2.45) is 12.0 Å². The summed E-state index contributed by atoms with van der Waals surface area (Å²) in [6, 6.07) is 12.7. The van der Waals surface area contributed by atoms with Crippen LogP contribution in [0.4, 0.5) is 0 Å². The number of thiazole rings is 1. The fraction of sp³-hybridized carbons (Fsp3) is 0.250. The quantitative estimate of drug-likeness (QED) is 0.634. The van der Waals surface area contributed by atoms with Crippen molar-refractivity contribution < 1.29 is 19.1 Å². The van der Waals surface area contributed by atoms with Gasteiger partial charge in [0.05, 0.1) is 35.9 Å². The van der Waals surface area contributed by atoms with Crippen LogP contribution in [0.3, 0.4) is 0 Å². The van der Waals surface area contributed by atoms with Gasteiger partial charge in [0.2, 0.25) is 0 Å². The first-order valence-electron chi connectivity index (χ1n) is 8.49. The Morgan fingerprint density at radius 1 is 1.15 bits per heavy atom. The van der Waals surface area contributed by atoms with Gasteiger partial charge in [-0.3, -0.25) is 4.79 Å². The van der Waals surface area contributed by atoms with Crippen LogP contribution in [-0.4, -0.2) is 30.2 Å². The number of carbonyl (C=O) groups excluding carboxylic acids is 2. The van der Waals surface area contributed by atoms with E-state index in [4.69, 9.17) is 9.47 Å². The Balaban J connectivity index is 1.87. The molecule has 1 heterocycles. The minimum atomic E-state index is -0.357. The lowest BCUT2D eigenvalue weighted by Gasteiger charge is -2.02. The Labute approximate surface area is 160 Å². The van der Waals surface area contributed by atoms with Gasteiger partial charge < -0.3 is 14.0 Å². The zero-order chi connectivity index (χ0) is 19.4. The number of nitrogens with zero attached hydrogens (tertiary/aromatic N) is 2. The summed E-state index contributed by atoms with van der Waals surface area (Å²) in [7, 11) is 3.45. The highest BCUT2D eigenvalue weighted by atomic mass is 32.1. The van der Waals surface area contributed by atoms with Crippen molar-refractivity contribution in [3.05, 3.63) is 58.4 Å². The van der Waals surface area contributed by atoms with Gasteiger partial charge in [0.1, 0.15) is 5.75 Å². The molecule has 3 rings (SSSR count). The lowest BCUT2D eigenvalue weighted by Crippen LogP contribution is -2.14. The van der Waals surface area contributed by atoms with E-state index >= 15 is 0 Å². The second kappa shape index (κ2) is 8.18. The largest absolute Gasteiger partial charge is 0.497 e. The van der Waals surface area contributed by atoms with Gasteiger partial charge in [-0.05, 0) is 42.8 Å². The lowest BCUT2D eigenvalue weighted by molar-refractivity contribution is -0.117. The number of aromatic nitrogens is 1. The summed E-state index contributed by atoms with van der Waals surface area (Å²) in [4.78, 5) is 29.1. The van der Waals surface area contributed by atoms with Crippen molar-refractivity contribution in [3.63, 3.8) is 0 Å². The molecule has 0 aliphatic rings. The summed E-state index contributed by atoms with van der Waals surface area (Å²) in [6.07, 6.45) is 0.215. The number of amides is 1. The molecular weight excluding hydrogens is 364 g/mol. The van der Waals surface area contributed by atoms with E-state index in [1.807, 2.05) is 41.9 Å². The lowest BCUT2D eigenvalue weighted by atomic mass is 10.1. The van der Waals surface area contributed by atoms with Crippen LogP contribution in [0.25, 0.3) is 10.2 Å². The molecule has 0 radical (unpaired) electrons. The van der Waals surface area contributed by atoms with E-state index in [9.17, 15) is 9.59 Å². The van der Waals surface area contributed by atoms with Crippen molar-refractivity contribution in [1.82, 2.24) is 4.57 Å². The molecular formula is C20H20N2O4S. The number of benzene rings is 2. The van der Waals surface area contributed by atoms with E-state index in [0.29, 0.717) is 17.0 Å². The Morgan fingerprint density at radius 2 is 1.89 bits per heavy atom. The normalized spacial score (nSPS) is 11.6. The third-order valence-electron chi connectivity index (χ3n) is 4.06. The number of ether oxygens (including phenoxy) is 2. The van der Waals surface area contributed by atoms with Crippen LogP contribution in [0, 0.1) is 0 Å². The molecule has 0 N–H and O–H groups in total. The van der Waals surface area contributed by atoms with E-state index < -0.39 is 0 Å². The number of rotatable bonds is 5. The van der Waals surface area contributed by atoms with Gasteiger partial charge in [0.15, 0.2) is 4.80 Å². The average Bonchev–Trinajstić information content (AvgIpc) is 2.97. The first kappa shape index (κ1) is 18.8.